The van der Waals surface area contributed by atoms with Gasteiger partial charge < -0.3 is 10.6 Å². The van der Waals surface area contributed by atoms with E-state index in [0.29, 0.717) is 12.5 Å². The van der Waals surface area contributed by atoms with Gasteiger partial charge >= 0.3 is 0 Å². The number of carbonyl (C=O) groups is 1. The summed E-state index contributed by atoms with van der Waals surface area (Å²) < 4.78 is 0. The van der Waals surface area contributed by atoms with Gasteiger partial charge in [-0.15, -0.1) is 0 Å². The summed E-state index contributed by atoms with van der Waals surface area (Å²) in [7, 11) is 0. The summed E-state index contributed by atoms with van der Waals surface area (Å²) in [5.41, 5.74) is 0. The Balaban J connectivity index is 1.97. The number of amides is 1. The summed E-state index contributed by atoms with van der Waals surface area (Å²) in [5, 5.41) is 6.20. The predicted molar refractivity (Wildman–Crippen MR) is 53.5 cm³/mol. The molecular weight excluding hydrogens is 164 g/mol. The van der Waals surface area contributed by atoms with Crippen molar-refractivity contribution in [2.45, 2.75) is 39.2 Å². The number of rotatable bonds is 5. The maximum absolute atomic E-state index is 10.8. The second kappa shape index (κ2) is 5.22. The Bertz CT molecular complexity index is 168. The van der Waals surface area contributed by atoms with E-state index in [4.69, 9.17) is 0 Å². The molecule has 1 atom stereocenters. The summed E-state index contributed by atoms with van der Waals surface area (Å²) in [6.45, 7) is 6.32. The van der Waals surface area contributed by atoms with Crippen molar-refractivity contribution in [2.24, 2.45) is 5.92 Å². The standard InChI is InChI=1S/C10H20N2O/c1-8(2)4-3-5-11-9-6-10(13)12-7-9/h8-9,11H,3-7H2,1-2H3,(H,12,13). The van der Waals surface area contributed by atoms with E-state index in [0.717, 1.165) is 19.0 Å². The van der Waals surface area contributed by atoms with Crippen LogP contribution in [0.4, 0.5) is 0 Å². The second-order valence-corrected chi connectivity index (χ2v) is 4.20. The number of carbonyl (C=O) groups excluding carboxylic acids is 1. The van der Waals surface area contributed by atoms with Gasteiger partial charge in [0, 0.05) is 19.0 Å². The minimum atomic E-state index is 0.182. The highest BCUT2D eigenvalue weighted by molar-refractivity contribution is 5.78. The van der Waals surface area contributed by atoms with Crippen molar-refractivity contribution >= 4 is 5.91 Å². The highest BCUT2D eigenvalue weighted by Crippen LogP contribution is 2.03. The molecule has 1 aliphatic rings. The molecule has 0 saturated carbocycles. The lowest BCUT2D eigenvalue weighted by Gasteiger charge is -2.10. The van der Waals surface area contributed by atoms with Gasteiger partial charge in [0.25, 0.3) is 0 Å². The van der Waals surface area contributed by atoms with Gasteiger partial charge in [-0.25, -0.2) is 0 Å². The van der Waals surface area contributed by atoms with E-state index in [9.17, 15) is 4.79 Å². The molecule has 1 saturated heterocycles. The molecule has 1 amide bonds. The van der Waals surface area contributed by atoms with Crippen LogP contribution in [-0.4, -0.2) is 25.0 Å². The Morgan fingerprint density at radius 1 is 1.62 bits per heavy atom. The van der Waals surface area contributed by atoms with E-state index in [2.05, 4.69) is 24.5 Å². The molecule has 0 aromatic heterocycles. The molecule has 3 nitrogen and oxygen atoms in total. The SMILES string of the molecule is CC(C)CCCNC1CNC(=O)C1. The summed E-state index contributed by atoms with van der Waals surface area (Å²) in [5.74, 6) is 0.964. The van der Waals surface area contributed by atoms with Gasteiger partial charge in [-0.05, 0) is 25.3 Å². The molecule has 0 aliphatic carbocycles. The lowest BCUT2D eigenvalue weighted by atomic mass is 10.1. The smallest absolute Gasteiger partial charge is 0.221 e. The van der Waals surface area contributed by atoms with Crippen LogP contribution in [0, 0.1) is 5.92 Å². The zero-order valence-electron chi connectivity index (χ0n) is 8.60. The van der Waals surface area contributed by atoms with Crippen molar-refractivity contribution < 1.29 is 4.79 Å². The van der Waals surface area contributed by atoms with Crippen LogP contribution in [-0.2, 0) is 4.79 Å². The molecule has 2 N–H and O–H groups in total. The summed E-state index contributed by atoms with van der Waals surface area (Å²) >= 11 is 0. The Morgan fingerprint density at radius 3 is 2.92 bits per heavy atom. The molecule has 1 aliphatic heterocycles. The van der Waals surface area contributed by atoms with Gasteiger partial charge in [0.05, 0.1) is 0 Å². The van der Waals surface area contributed by atoms with Gasteiger partial charge in [0.1, 0.15) is 0 Å². The minimum Gasteiger partial charge on any atom is -0.354 e. The van der Waals surface area contributed by atoms with Crippen LogP contribution in [0.3, 0.4) is 0 Å². The molecule has 0 aromatic carbocycles. The molecule has 13 heavy (non-hydrogen) atoms. The molecule has 0 aromatic rings. The van der Waals surface area contributed by atoms with Gasteiger partial charge in [0.15, 0.2) is 0 Å². The maximum Gasteiger partial charge on any atom is 0.221 e. The van der Waals surface area contributed by atoms with E-state index in [1.807, 2.05) is 0 Å². The fourth-order valence-electron chi connectivity index (χ4n) is 1.57. The van der Waals surface area contributed by atoms with Gasteiger partial charge in [-0.2, -0.15) is 0 Å². The van der Waals surface area contributed by atoms with Gasteiger partial charge in [-0.3, -0.25) is 4.79 Å². The van der Waals surface area contributed by atoms with Crippen molar-refractivity contribution in [2.75, 3.05) is 13.1 Å². The first kappa shape index (κ1) is 10.5. The number of nitrogens with one attached hydrogen (secondary N) is 2. The van der Waals surface area contributed by atoms with E-state index < -0.39 is 0 Å². The normalized spacial score (nSPS) is 22.4. The summed E-state index contributed by atoms with van der Waals surface area (Å²) in [6.07, 6.45) is 3.13. The van der Waals surface area contributed by atoms with Crippen LogP contribution in [0.2, 0.25) is 0 Å². The number of hydrogen-bond donors (Lipinski definition) is 2. The Hall–Kier alpha value is -0.570. The average Bonchev–Trinajstić information content (AvgIpc) is 2.45. The van der Waals surface area contributed by atoms with Crippen LogP contribution >= 0.6 is 0 Å². The van der Waals surface area contributed by atoms with Crippen LogP contribution in [0.1, 0.15) is 33.1 Å². The van der Waals surface area contributed by atoms with E-state index in [1.54, 1.807) is 0 Å². The highest BCUT2D eigenvalue weighted by atomic mass is 16.1. The van der Waals surface area contributed by atoms with Crippen molar-refractivity contribution in [1.82, 2.24) is 10.6 Å². The monoisotopic (exact) mass is 184 g/mol. The van der Waals surface area contributed by atoms with Crippen LogP contribution in [0.5, 0.6) is 0 Å². The third-order valence-corrected chi connectivity index (χ3v) is 2.37. The zero-order valence-corrected chi connectivity index (χ0v) is 8.60. The van der Waals surface area contributed by atoms with Crippen molar-refractivity contribution in [3.05, 3.63) is 0 Å². The maximum atomic E-state index is 10.8. The first-order valence-electron chi connectivity index (χ1n) is 5.18. The molecule has 0 bridgehead atoms. The van der Waals surface area contributed by atoms with Crippen LogP contribution in [0.15, 0.2) is 0 Å². The predicted octanol–water partition coefficient (Wildman–Crippen LogP) is 0.901. The first-order valence-corrected chi connectivity index (χ1v) is 5.18. The Labute approximate surface area is 80.3 Å². The molecule has 1 rings (SSSR count). The van der Waals surface area contributed by atoms with Crippen molar-refractivity contribution in [1.29, 1.82) is 0 Å². The second-order valence-electron chi connectivity index (χ2n) is 4.20. The highest BCUT2D eigenvalue weighted by Gasteiger charge is 2.19. The third kappa shape index (κ3) is 4.27. The van der Waals surface area contributed by atoms with E-state index in [-0.39, 0.29) is 5.91 Å². The van der Waals surface area contributed by atoms with Crippen LogP contribution in [0.25, 0.3) is 0 Å². The molecule has 3 heteroatoms. The van der Waals surface area contributed by atoms with E-state index in [1.165, 1.54) is 12.8 Å². The van der Waals surface area contributed by atoms with Crippen LogP contribution < -0.4 is 10.6 Å². The van der Waals surface area contributed by atoms with Crippen molar-refractivity contribution in [3.8, 4) is 0 Å². The molecule has 1 heterocycles. The van der Waals surface area contributed by atoms with E-state index >= 15 is 0 Å². The third-order valence-electron chi connectivity index (χ3n) is 2.37. The van der Waals surface area contributed by atoms with Crippen molar-refractivity contribution in [3.63, 3.8) is 0 Å². The number of hydrogen-bond acceptors (Lipinski definition) is 2. The molecule has 1 unspecified atom stereocenters. The quantitative estimate of drug-likeness (QED) is 0.623. The first-order chi connectivity index (χ1) is 6.18. The molecule has 76 valence electrons. The Morgan fingerprint density at radius 2 is 2.38 bits per heavy atom. The fourth-order valence-corrected chi connectivity index (χ4v) is 1.57. The summed E-state index contributed by atoms with van der Waals surface area (Å²) in [6, 6.07) is 0.375. The molecule has 0 spiro atoms. The minimum absolute atomic E-state index is 0.182. The Kier molecular flexibility index (Phi) is 4.22. The lowest BCUT2D eigenvalue weighted by molar-refractivity contribution is -0.119. The molecule has 1 fully saturated rings. The average molecular weight is 184 g/mol. The van der Waals surface area contributed by atoms with Gasteiger partial charge in [0.2, 0.25) is 5.91 Å². The zero-order chi connectivity index (χ0) is 9.68. The summed E-state index contributed by atoms with van der Waals surface area (Å²) in [4.78, 5) is 10.8. The molecule has 0 radical (unpaired) electrons. The largest absolute Gasteiger partial charge is 0.354 e. The fraction of sp³-hybridized carbons (Fsp3) is 0.900. The molecular formula is C10H20N2O. The topological polar surface area (TPSA) is 41.1 Å². The van der Waals surface area contributed by atoms with Gasteiger partial charge in [-0.1, -0.05) is 13.8 Å². The lowest BCUT2D eigenvalue weighted by Crippen LogP contribution is -2.31.